The van der Waals surface area contributed by atoms with Crippen LogP contribution in [-0.2, 0) is 0 Å². The maximum absolute atomic E-state index is 12.3. The van der Waals surface area contributed by atoms with E-state index >= 15 is 0 Å². The largest absolute Gasteiger partial charge is 0.338 e. The molecule has 0 aliphatic carbocycles. The van der Waals surface area contributed by atoms with Crippen LogP contribution in [0.25, 0.3) is 0 Å². The van der Waals surface area contributed by atoms with Crippen LogP contribution in [0.5, 0.6) is 0 Å². The average molecular weight is 368 g/mol. The summed E-state index contributed by atoms with van der Waals surface area (Å²) in [6.07, 6.45) is 0.970. The van der Waals surface area contributed by atoms with Gasteiger partial charge in [-0.3, -0.25) is 4.79 Å². The van der Waals surface area contributed by atoms with E-state index in [9.17, 15) is 4.79 Å². The summed E-state index contributed by atoms with van der Waals surface area (Å²) < 4.78 is 0.874. The predicted molar refractivity (Wildman–Crippen MR) is 84.1 cm³/mol. The molecule has 2 atom stereocenters. The molecule has 6 heteroatoms. The van der Waals surface area contributed by atoms with Gasteiger partial charge < -0.3 is 10.6 Å². The third kappa shape index (κ3) is 3.85. The summed E-state index contributed by atoms with van der Waals surface area (Å²) in [5.41, 5.74) is 6.44. The minimum Gasteiger partial charge on any atom is -0.338 e. The number of benzene rings is 1. The summed E-state index contributed by atoms with van der Waals surface area (Å²) in [4.78, 5) is 14.2. The number of rotatable bonds is 2. The quantitative estimate of drug-likeness (QED) is 0.871. The third-order valence-electron chi connectivity index (χ3n) is 3.42. The Kier molecular flexibility index (Phi) is 6.12. The van der Waals surface area contributed by atoms with Gasteiger partial charge in [0, 0.05) is 23.6 Å². The molecule has 19 heavy (non-hydrogen) atoms. The molecule has 0 aromatic heterocycles. The standard InChI is InChI=1S/C13H16BrClN2O.ClH/c1-8(16)9-4-5-17(7-9)13(18)11-3-2-10(14)6-12(11)15;/h2-3,6,8-9H,4-5,7,16H2,1H3;1H. The Morgan fingerprint density at radius 2 is 2.26 bits per heavy atom. The lowest BCUT2D eigenvalue weighted by Crippen LogP contribution is -2.33. The third-order valence-corrected chi connectivity index (χ3v) is 4.22. The number of nitrogens with zero attached hydrogens (tertiary/aromatic N) is 1. The van der Waals surface area contributed by atoms with Gasteiger partial charge in [-0.1, -0.05) is 27.5 Å². The Hall–Kier alpha value is -0.290. The molecule has 1 saturated heterocycles. The van der Waals surface area contributed by atoms with Crippen LogP contribution in [0.4, 0.5) is 0 Å². The molecule has 2 N–H and O–H groups in total. The Labute approximate surface area is 133 Å². The van der Waals surface area contributed by atoms with Gasteiger partial charge in [0.25, 0.3) is 5.91 Å². The first-order chi connectivity index (χ1) is 8.49. The Balaban J connectivity index is 0.00000180. The van der Waals surface area contributed by atoms with E-state index in [1.54, 1.807) is 12.1 Å². The van der Waals surface area contributed by atoms with Crippen molar-refractivity contribution in [2.75, 3.05) is 13.1 Å². The van der Waals surface area contributed by atoms with Gasteiger partial charge in [-0.2, -0.15) is 0 Å². The van der Waals surface area contributed by atoms with Crippen molar-refractivity contribution in [1.29, 1.82) is 0 Å². The number of carbonyl (C=O) groups is 1. The number of hydrogen-bond acceptors (Lipinski definition) is 2. The van der Waals surface area contributed by atoms with Crippen LogP contribution in [0.2, 0.25) is 5.02 Å². The van der Waals surface area contributed by atoms with Crippen molar-refractivity contribution in [2.45, 2.75) is 19.4 Å². The second-order valence-corrected chi connectivity index (χ2v) is 6.11. The first-order valence-corrected chi connectivity index (χ1v) is 7.16. The molecule has 0 bridgehead atoms. The summed E-state index contributed by atoms with van der Waals surface area (Å²) in [5.74, 6) is 0.388. The van der Waals surface area contributed by atoms with Gasteiger partial charge in [-0.25, -0.2) is 0 Å². The van der Waals surface area contributed by atoms with Crippen molar-refractivity contribution in [3.05, 3.63) is 33.3 Å². The first-order valence-electron chi connectivity index (χ1n) is 5.99. The van der Waals surface area contributed by atoms with Crippen molar-refractivity contribution >= 4 is 45.8 Å². The molecule has 2 unspecified atom stereocenters. The summed E-state index contributed by atoms with van der Waals surface area (Å²) >= 11 is 9.43. The maximum atomic E-state index is 12.3. The van der Waals surface area contributed by atoms with Gasteiger partial charge in [0.2, 0.25) is 0 Å². The molecule has 1 aromatic carbocycles. The minimum atomic E-state index is -0.00403. The van der Waals surface area contributed by atoms with Crippen molar-refractivity contribution in [3.63, 3.8) is 0 Å². The fourth-order valence-corrected chi connectivity index (χ4v) is 2.99. The molecule has 1 aromatic rings. The Bertz CT molecular complexity index is 468. The van der Waals surface area contributed by atoms with E-state index in [1.165, 1.54) is 0 Å². The van der Waals surface area contributed by atoms with Crippen LogP contribution in [0, 0.1) is 5.92 Å². The second kappa shape index (κ2) is 6.93. The monoisotopic (exact) mass is 366 g/mol. The lowest BCUT2D eigenvalue weighted by molar-refractivity contribution is 0.0786. The first kappa shape index (κ1) is 16.8. The van der Waals surface area contributed by atoms with Crippen molar-refractivity contribution in [1.82, 2.24) is 4.90 Å². The molecular weight excluding hydrogens is 351 g/mol. The summed E-state index contributed by atoms with van der Waals surface area (Å²) in [6, 6.07) is 5.46. The van der Waals surface area contributed by atoms with Crippen molar-refractivity contribution < 1.29 is 4.79 Å². The lowest BCUT2D eigenvalue weighted by Gasteiger charge is -2.18. The fraction of sp³-hybridized carbons (Fsp3) is 0.462. The smallest absolute Gasteiger partial charge is 0.255 e. The van der Waals surface area contributed by atoms with Gasteiger partial charge in [-0.15, -0.1) is 12.4 Å². The average Bonchev–Trinajstić information content (AvgIpc) is 2.77. The fourth-order valence-electron chi connectivity index (χ4n) is 2.23. The number of halogens is 3. The summed E-state index contributed by atoms with van der Waals surface area (Å²) in [7, 11) is 0. The van der Waals surface area contributed by atoms with E-state index < -0.39 is 0 Å². The van der Waals surface area contributed by atoms with Crippen LogP contribution >= 0.6 is 39.9 Å². The molecule has 1 amide bonds. The highest BCUT2D eigenvalue weighted by atomic mass is 79.9. The molecule has 0 radical (unpaired) electrons. The van der Waals surface area contributed by atoms with Gasteiger partial charge in [0.15, 0.2) is 0 Å². The summed E-state index contributed by atoms with van der Waals surface area (Å²) in [5, 5.41) is 0.485. The van der Waals surface area contributed by atoms with Crippen molar-refractivity contribution in [2.24, 2.45) is 11.7 Å². The molecule has 1 fully saturated rings. The molecule has 2 rings (SSSR count). The van der Waals surface area contributed by atoms with Crippen molar-refractivity contribution in [3.8, 4) is 0 Å². The highest BCUT2D eigenvalue weighted by Gasteiger charge is 2.29. The topological polar surface area (TPSA) is 46.3 Å². The van der Waals surface area contributed by atoms with Crippen LogP contribution in [0.15, 0.2) is 22.7 Å². The number of hydrogen-bond donors (Lipinski definition) is 1. The molecule has 3 nitrogen and oxygen atoms in total. The van der Waals surface area contributed by atoms with E-state index in [0.29, 0.717) is 16.5 Å². The molecule has 1 aliphatic heterocycles. The van der Waals surface area contributed by atoms with E-state index in [-0.39, 0.29) is 24.4 Å². The zero-order chi connectivity index (χ0) is 13.3. The van der Waals surface area contributed by atoms with E-state index in [2.05, 4.69) is 15.9 Å². The minimum absolute atomic E-state index is 0. The van der Waals surface area contributed by atoms with E-state index in [1.807, 2.05) is 17.9 Å². The van der Waals surface area contributed by atoms with Gasteiger partial charge in [0.05, 0.1) is 10.6 Å². The van der Waals surface area contributed by atoms with E-state index in [4.69, 9.17) is 17.3 Å². The number of carbonyl (C=O) groups excluding carboxylic acids is 1. The Morgan fingerprint density at radius 3 is 2.79 bits per heavy atom. The molecule has 1 aliphatic rings. The SMILES string of the molecule is CC(N)C1CCN(C(=O)c2ccc(Br)cc2Cl)C1.Cl. The lowest BCUT2D eigenvalue weighted by atomic mass is 10.0. The molecular formula is C13H17BrCl2N2O. The molecule has 0 saturated carbocycles. The van der Waals surface area contributed by atoms with Gasteiger partial charge in [-0.05, 0) is 37.5 Å². The maximum Gasteiger partial charge on any atom is 0.255 e. The molecule has 0 spiro atoms. The van der Waals surface area contributed by atoms with Crippen LogP contribution in [0.3, 0.4) is 0 Å². The number of likely N-dealkylation sites (tertiary alicyclic amines) is 1. The number of nitrogens with two attached hydrogens (primary N) is 1. The second-order valence-electron chi connectivity index (χ2n) is 4.78. The highest BCUT2D eigenvalue weighted by Crippen LogP contribution is 2.26. The van der Waals surface area contributed by atoms with Crippen LogP contribution in [0.1, 0.15) is 23.7 Å². The van der Waals surface area contributed by atoms with Gasteiger partial charge >= 0.3 is 0 Å². The highest BCUT2D eigenvalue weighted by molar-refractivity contribution is 9.10. The van der Waals surface area contributed by atoms with Crippen LogP contribution < -0.4 is 5.73 Å². The van der Waals surface area contributed by atoms with E-state index in [0.717, 1.165) is 24.0 Å². The Morgan fingerprint density at radius 1 is 1.58 bits per heavy atom. The van der Waals surface area contributed by atoms with Gasteiger partial charge in [0.1, 0.15) is 0 Å². The summed E-state index contributed by atoms with van der Waals surface area (Å²) in [6.45, 7) is 3.48. The zero-order valence-corrected chi connectivity index (χ0v) is 13.8. The zero-order valence-electron chi connectivity index (χ0n) is 10.6. The number of amides is 1. The van der Waals surface area contributed by atoms with Crippen LogP contribution in [-0.4, -0.2) is 29.9 Å². The predicted octanol–water partition coefficient (Wildman–Crippen LogP) is 3.33. The normalized spacial score (nSPS) is 20.0. The molecule has 106 valence electrons. The molecule has 1 heterocycles.